The van der Waals surface area contributed by atoms with E-state index < -0.39 is 0 Å². The van der Waals surface area contributed by atoms with Crippen molar-refractivity contribution in [3.05, 3.63) is 0 Å². The second kappa shape index (κ2) is 1.56. The summed E-state index contributed by atoms with van der Waals surface area (Å²) in [5, 5.41) is 9.87. The van der Waals surface area contributed by atoms with Gasteiger partial charge in [0.2, 0.25) is 0 Å². The minimum absolute atomic E-state index is 0.0363. The lowest BCUT2D eigenvalue weighted by Crippen LogP contribution is -3.12. The molecular formula is C12H14O3. The molecule has 0 aromatic rings. The average molecular weight is 206 g/mol. The first kappa shape index (κ1) is 7.66. The molecule has 80 valence electrons. The van der Waals surface area contributed by atoms with Crippen molar-refractivity contribution in [2.24, 2.45) is 46.3 Å². The van der Waals surface area contributed by atoms with Gasteiger partial charge in [-0.25, -0.2) is 0 Å². The van der Waals surface area contributed by atoms with Crippen molar-refractivity contribution in [1.82, 2.24) is 0 Å². The maximum absolute atomic E-state index is 11.8. The summed E-state index contributed by atoms with van der Waals surface area (Å²) in [7, 11) is 1.51. The van der Waals surface area contributed by atoms with Crippen LogP contribution in [0.25, 0.3) is 0 Å². The molecule has 0 heterocycles. The maximum Gasteiger partial charge on any atom is 0.312 e. The fraction of sp³-hybridized carbons (Fsp3) is 0.917. The molecule has 0 aliphatic heterocycles. The first-order valence-electron chi connectivity index (χ1n) is 5.92. The highest BCUT2D eigenvalue weighted by molar-refractivity contribution is 5.88. The Bertz CT molecular complexity index is 371. The number of carbonyl (C=O) groups excluding carboxylic acids is 1. The van der Waals surface area contributed by atoms with Crippen molar-refractivity contribution in [3.8, 4) is 0 Å². The van der Waals surface area contributed by atoms with E-state index in [-0.39, 0.29) is 22.9 Å². The van der Waals surface area contributed by atoms with Crippen LogP contribution in [0.4, 0.5) is 0 Å². The van der Waals surface area contributed by atoms with Crippen molar-refractivity contribution >= 4 is 5.97 Å². The van der Waals surface area contributed by atoms with E-state index in [1.807, 2.05) is 6.92 Å². The average Bonchev–Trinajstić information content (AvgIpc) is 2.27. The minimum Gasteiger partial charge on any atom is -0.469 e. The molecule has 15 heavy (non-hydrogen) atoms. The Hall–Kier alpha value is -0.570. The quantitative estimate of drug-likeness (QED) is 0.660. The Balaban J connectivity index is 1.57. The van der Waals surface area contributed by atoms with Crippen LogP contribution in [0.3, 0.4) is 0 Å². The Morgan fingerprint density at radius 3 is 2.00 bits per heavy atom. The van der Waals surface area contributed by atoms with Gasteiger partial charge in [-0.05, 0) is 42.4 Å². The van der Waals surface area contributed by atoms with E-state index in [1.54, 1.807) is 0 Å². The highest BCUT2D eigenvalue weighted by atomic mass is 16.5. The molecule has 0 bridgehead atoms. The minimum atomic E-state index is -0.155. The number of carbonyl (C=O) groups is 1. The molecule has 0 radical (unpaired) electrons. The van der Waals surface area contributed by atoms with E-state index in [9.17, 15) is 9.90 Å². The number of hydrogen-bond acceptors (Lipinski definition) is 3. The third-order valence-corrected chi connectivity index (χ3v) is 6.97. The van der Waals surface area contributed by atoms with Gasteiger partial charge in [-0.15, -0.1) is 0 Å². The van der Waals surface area contributed by atoms with Crippen LogP contribution in [-0.4, -0.2) is 24.3 Å². The number of hydrogen-bond donors (Lipinski definition) is 1. The van der Waals surface area contributed by atoms with Gasteiger partial charge >= 0.3 is 5.97 Å². The number of aliphatic hydroxyl groups excluding tert-OH is 1. The summed E-state index contributed by atoms with van der Waals surface area (Å²) in [5.41, 5.74) is 0.237. The van der Waals surface area contributed by atoms with Crippen molar-refractivity contribution < 1.29 is 14.6 Å². The second-order valence-corrected chi connectivity index (χ2v) is 6.26. The van der Waals surface area contributed by atoms with E-state index in [0.29, 0.717) is 35.5 Å². The molecule has 0 aromatic heterocycles. The first-order valence-corrected chi connectivity index (χ1v) is 5.92. The van der Waals surface area contributed by atoms with Crippen LogP contribution >= 0.6 is 0 Å². The van der Waals surface area contributed by atoms with Gasteiger partial charge in [0, 0.05) is 5.41 Å². The Morgan fingerprint density at radius 1 is 1.20 bits per heavy atom. The molecule has 0 saturated heterocycles. The summed E-state index contributed by atoms with van der Waals surface area (Å²) >= 11 is 0. The third-order valence-electron chi connectivity index (χ3n) is 6.97. The Kier molecular flexibility index (Phi) is 0.799. The molecule has 6 aliphatic carbocycles. The zero-order valence-corrected chi connectivity index (χ0v) is 8.81. The molecule has 0 spiro atoms. The molecule has 3 heteroatoms. The lowest BCUT2D eigenvalue weighted by Gasteiger charge is -3.10. The van der Waals surface area contributed by atoms with Crippen molar-refractivity contribution in [2.75, 3.05) is 7.11 Å². The van der Waals surface area contributed by atoms with Gasteiger partial charge in [-0.1, -0.05) is 0 Å². The standard InChI is InChI=1S/C12H14O3/c1-3(13)11-4-7-5(11)9-6(11)8(4)12(7,9)10(14)15-2/h3-9,13H,1-2H3. The Morgan fingerprint density at radius 2 is 1.67 bits per heavy atom. The zero-order chi connectivity index (χ0) is 10.3. The van der Waals surface area contributed by atoms with Gasteiger partial charge in [-0.2, -0.15) is 0 Å². The van der Waals surface area contributed by atoms with E-state index in [1.165, 1.54) is 7.11 Å². The second-order valence-electron chi connectivity index (χ2n) is 6.26. The van der Waals surface area contributed by atoms with E-state index in [0.717, 1.165) is 0 Å². The predicted molar refractivity (Wildman–Crippen MR) is 49.5 cm³/mol. The summed E-state index contributed by atoms with van der Waals surface area (Å²) < 4.78 is 4.95. The molecular weight excluding hydrogens is 192 g/mol. The van der Waals surface area contributed by atoms with Crippen LogP contribution in [-0.2, 0) is 9.53 Å². The molecule has 1 unspecified atom stereocenters. The maximum atomic E-state index is 11.8. The summed E-state index contributed by atoms with van der Waals surface area (Å²) in [6, 6.07) is 0. The molecule has 0 amide bonds. The van der Waals surface area contributed by atoms with E-state index in [2.05, 4.69) is 0 Å². The first-order chi connectivity index (χ1) is 7.16. The molecule has 6 aliphatic rings. The fourth-order valence-corrected chi connectivity index (χ4v) is 7.03. The fourth-order valence-electron chi connectivity index (χ4n) is 7.03. The topological polar surface area (TPSA) is 46.5 Å². The number of ether oxygens (including phenoxy) is 1. The Labute approximate surface area is 87.8 Å². The summed E-state index contributed by atoms with van der Waals surface area (Å²) in [5.74, 6) is 3.87. The van der Waals surface area contributed by atoms with Gasteiger partial charge in [0.25, 0.3) is 0 Å². The largest absolute Gasteiger partial charge is 0.469 e. The van der Waals surface area contributed by atoms with Crippen LogP contribution in [0.1, 0.15) is 6.92 Å². The summed E-state index contributed by atoms with van der Waals surface area (Å²) in [4.78, 5) is 11.8. The molecule has 3 nitrogen and oxygen atoms in total. The van der Waals surface area contributed by atoms with Gasteiger partial charge in [0.1, 0.15) is 0 Å². The smallest absolute Gasteiger partial charge is 0.312 e. The van der Waals surface area contributed by atoms with Gasteiger partial charge in [-0.3, -0.25) is 4.79 Å². The van der Waals surface area contributed by atoms with Gasteiger partial charge in [0.15, 0.2) is 0 Å². The highest BCUT2D eigenvalue weighted by Crippen LogP contribution is 3.10. The van der Waals surface area contributed by atoms with Crippen LogP contribution in [0.5, 0.6) is 0 Å². The number of methoxy groups -OCH3 is 1. The van der Waals surface area contributed by atoms with Gasteiger partial charge in [0.05, 0.1) is 18.6 Å². The molecule has 6 saturated carbocycles. The molecule has 1 atom stereocenters. The lowest BCUT2D eigenvalue weighted by atomic mass is 8.92. The van der Waals surface area contributed by atoms with Crippen LogP contribution in [0.15, 0.2) is 0 Å². The molecule has 6 rings (SSSR count). The van der Waals surface area contributed by atoms with E-state index in [4.69, 9.17) is 4.74 Å². The third kappa shape index (κ3) is 0.325. The van der Waals surface area contributed by atoms with Crippen molar-refractivity contribution in [1.29, 1.82) is 0 Å². The normalized spacial score (nSPS) is 74.9. The van der Waals surface area contributed by atoms with Crippen molar-refractivity contribution in [3.63, 3.8) is 0 Å². The highest BCUT2D eigenvalue weighted by Gasteiger charge is 3.12. The SMILES string of the molecule is COC(=O)C12C3C4C1C1C2C3C41C(C)O. The number of aliphatic hydroxyl groups is 1. The predicted octanol–water partition coefficient (Wildman–Crippen LogP) is 0.278. The number of rotatable bonds is 2. The summed E-state index contributed by atoms with van der Waals surface area (Å²) in [6.45, 7) is 1.94. The summed E-state index contributed by atoms with van der Waals surface area (Å²) in [6.07, 6.45) is -0.155. The lowest BCUT2D eigenvalue weighted by molar-refractivity contribution is -0.653. The van der Waals surface area contributed by atoms with Gasteiger partial charge < -0.3 is 9.84 Å². The van der Waals surface area contributed by atoms with Crippen molar-refractivity contribution in [2.45, 2.75) is 13.0 Å². The van der Waals surface area contributed by atoms with Crippen LogP contribution in [0.2, 0.25) is 0 Å². The van der Waals surface area contributed by atoms with Crippen LogP contribution < -0.4 is 0 Å². The molecule has 0 aromatic carbocycles. The zero-order valence-electron chi connectivity index (χ0n) is 8.81. The number of esters is 1. The van der Waals surface area contributed by atoms with E-state index >= 15 is 0 Å². The molecule has 1 N–H and O–H groups in total. The van der Waals surface area contributed by atoms with Crippen LogP contribution in [0, 0.1) is 46.3 Å². The monoisotopic (exact) mass is 206 g/mol. The molecule has 6 fully saturated rings.